The molecule has 0 atom stereocenters. The number of nitrogens with zero attached hydrogens (tertiary/aromatic N) is 2. The average molecular weight is 1110 g/mol. The highest BCUT2D eigenvalue weighted by molar-refractivity contribution is 6.50. The number of carbonyl (C=O) groups excluding carboxylic acids is 4. The topological polar surface area (TPSA) is 74.8 Å². The van der Waals surface area contributed by atoms with E-state index < -0.39 is 23.6 Å². The first-order chi connectivity index (χ1) is 41.5. The Kier molecular flexibility index (Phi) is 13.0. The second-order valence-corrected chi connectivity index (χ2v) is 23.9. The van der Waals surface area contributed by atoms with Crippen molar-refractivity contribution in [3.8, 4) is 93.9 Å². The Labute approximate surface area is 501 Å². The first-order valence-corrected chi connectivity index (χ1v) is 29.2. The van der Waals surface area contributed by atoms with Gasteiger partial charge in [-0.05, 0) is 185 Å². The van der Waals surface area contributed by atoms with Crippen molar-refractivity contribution >= 4 is 78.1 Å². The molecule has 0 fully saturated rings. The Hall–Kier alpha value is -10.8. The highest BCUT2D eigenvalue weighted by atomic mass is 16.2. The van der Waals surface area contributed by atoms with Crippen LogP contribution in [0.1, 0.15) is 165 Å². The smallest absolute Gasteiger partial charge is 0.266 e. The number of fused-ring (bicyclic) bond motifs is 2. The molecule has 86 heavy (non-hydrogen) atoms. The molecule has 4 amide bonds. The van der Waals surface area contributed by atoms with E-state index in [0.29, 0.717) is 121 Å². The Morgan fingerprint density at radius 3 is 0.674 bits per heavy atom. The van der Waals surface area contributed by atoms with Gasteiger partial charge in [0.25, 0.3) is 23.6 Å². The molecule has 0 radical (unpaired) electrons. The summed E-state index contributed by atoms with van der Waals surface area (Å²) in [6, 6.07) is 50.6. The molecule has 11 aromatic carbocycles. The summed E-state index contributed by atoms with van der Waals surface area (Å²) < 4.78 is 0. The van der Waals surface area contributed by atoms with Gasteiger partial charge in [-0.15, -0.1) is 25.7 Å². The predicted octanol–water partition coefficient (Wildman–Crippen LogP) is 18.4. The number of rotatable bonds is 10. The summed E-state index contributed by atoms with van der Waals surface area (Å²) in [5, 5.41) is 5.06. The average Bonchev–Trinajstić information content (AvgIpc) is 0.674. The summed E-state index contributed by atoms with van der Waals surface area (Å²) in [4.78, 5) is 68.3. The number of imide groups is 2. The molecule has 0 saturated heterocycles. The maximum absolute atomic E-state index is 16.4. The van der Waals surface area contributed by atoms with Crippen molar-refractivity contribution in [2.24, 2.45) is 0 Å². The van der Waals surface area contributed by atoms with Gasteiger partial charge in [-0.25, -0.2) is 9.80 Å². The molecule has 0 spiro atoms. The fraction of sp³-hybridized carbons (Fsp3) is 0.150. The van der Waals surface area contributed by atoms with Crippen molar-refractivity contribution in [2.45, 2.75) is 79.1 Å². The molecule has 6 heteroatoms. The number of benzene rings is 11. The first-order valence-electron chi connectivity index (χ1n) is 29.2. The minimum absolute atomic E-state index is 0.0515. The van der Waals surface area contributed by atoms with Gasteiger partial charge >= 0.3 is 0 Å². The summed E-state index contributed by atoms with van der Waals surface area (Å²) in [7, 11) is 0. The van der Waals surface area contributed by atoms with Gasteiger partial charge in [0.05, 0.1) is 11.4 Å². The highest BCUT2D eigenvalue weighted by Crippen LogP contribution is 2.57. The van der Waals surface area contributed by atoms with Gasteiger partial charge in [0.1, 0.15) is 0 Å². The van der Waals surface area contributed by atoms with Crippen LogP contribution >= 0.6 is 0 Å². The molecule has 2 aliphatic rings. The second kappa shape index (κ2) is 20.5. The van der Waals surface area contributed by atoms with Crippen LogP contribution in [0.25, 0.3) is 87.6 Å². The van der Waals surface area contributed by atoms with E-state index in [2.05, 4.69) is 79.1 Å². The lowest BCUT2D eigenvalue weighted by molar-refractivity contribution is 0.0877. The molecule has 11 aromatic rings. The minimum atomic E-state index is -0.465. The lowest BCUT2D eigenvalue weighted by Crippen LogP contribution is -2.42. The molecule has 0 aromatic heterocycles. The van der Waals surface area contributed by atoms with E-state index in [1.807, 2.05) is 158 Å². The van der Waals surface area contributed by atoms with Crippen LogP contribution in [-0.4, -0.2) is 23.6 Å². The number of carbonyl (C=O) groups is 4. The second-order valence-electron chi connectivity index (χ2n) is 23.9. The third kappa shape index (κ3) is 8.10. The van der Waals surface area contributed by atoms with Crippen LogP contribution in [0.3, 0.4) is 0 Å². The van der Waals surface area contributed by atoms with E-state index in [9.17, 15) is 0 Å². The van der Waals surface area contributed by atoms with Gasteiger partial charge in [0.2, 0.25) is 0 Å². The predicted molar refractivity (Wildman–Crippen MR) is 353 cm³/mol. The zero-order valence-corrected chi connectivity index (χ0v) is 49.2. The molecule has 0 unspecified atom stereocenters. The zero-order chi connectivity index (χ0) is 60.3. The molecule has 13 rings (SSSR count). The standard InChI is InChI=1S/C80H58N2O4/c1-13-47-23-31-51(32-24-47)59-39-63-67-64(78(84)81(77(63)83)75-55(43(5)6)19-17-20-56(75)44(7)8)41-61(53-35-27-49(15-3)28-36-53)71-72-62(54-37-29-50(16-4)30-38-54)42-66-68-65(79(85)82(80(66)86)76-57(45(9)10)21-18-22-58(76)46(11)12)40-60(52-33-25-48(14-2)26-34-52)70(74(68)72)69(59)73(67)71/h1-4,17-46H,5-12H3. The van der Waals surface area contributed by atoms with Crippen LogP contribution in [-0.2, 0) is 0 Å². The van der Waals surface area contributed by atoms with Crippen LogP contribution in [0, 0.1) is 49.4 Å². The Bertz CT molecular complexity index is 4360. The van der Waals surface area contributed by atoms with E-state index in [-0.39, 0.29) is 23.7 Å². The fourth-order valence-electron chi connectivity index (χ4n) is 13.5. The fourth-order valence-corrected chi connectivity index (χ4v) is 13.5. The number of terminal acetylenes is 4. The van der Waals surface area contributed by atoms with Crippen LogP contribution < -0.4 is 9.80 Å². The number of anilines is 2. The zero-order valence-electron chi connectivity index (χ0n) is 49.2. The summed E-state index contributed by atoms with van der Waals surface area (Å²) in [5.74, 6) is 9.07. The SMILES string of the molecule is C#Cc1ccc(-c2cc3c4c(cc(-c5ccc(C#C)cc5)c5c6c(-c7ccc(C#C)cc7)cc7c8c(cc(-c9ccc(C#C)cc9)c(c2c45)c86)C(=O)N(c2c(C(C)C)cccc2C(C)C)C7=O)C(=O)N(c2c(C(C)C)cccc2C(C)C)C3=O)cc1. The maximum Gasteiger partial charge on any atom is 0.266 e. The molecule has 0 bridgehead atoms. The van der Waals surface area contributed by atoms with Crippen molar-refractivity contribution in [2.75, 3.05) is 9.80 Å². The summed E-state index contributed by atoms with van der Waals surface area (Å²) in [6.07, 6.45) is 24.2. The van der Waals surface area contributed by atoms with Crippen LogP contribution in [0.5, 0.6) is 0 Å². The van der Waals surface area contributed by atoms with Gasteiger partial charge in [0.15, 0.2) is 0 Å². The van der Waals surface area contributed by atoms with Gasteiger partial charge in [0, 0.05) is 66.1 Å². The molecule has 2 heterocycles. The van der Waals surface area contributed by atoms with Crippen molar-refractivity contribution in [1.82, 2.24) is 0 Å². The van der Waals surface area contributed by atoms with Gasteiger partial charge in [-0.3, -0.25) is 19.2 Å². The molecular weight excluding hydrogens is 1050 g/mol. The molecule has 2 aliphatic heterocycles. The van der Waals surface area contributed by atoms with Crippen molar-refractivity contribution in [3.63, 3.8) is 0 Å². The van der Waals surface area contributed by atoms with Crippen LogP contribution in [0.15, 0.2) is 158 Å². The molecule has 0 N–H and O–H groups in total. The van der Waals surface area contributed by atoms with E-state index in [1.165, 1.54) is 9.80 Å². The van der Waals surface area contributed by atoms with Crippen molar-refractivity contribution < 1.29 is 19.2 Å². The molecule has 6 nitrogen and oxygen atoms in total. The summed E-state index contributed by atoms with van der Waals surface area (Å²) >= 11 is 0. The Morgan fingerprint density at radius 2 is 0.488 bits per heavy atom. The van der Waals surface area contributed by atoms with Crippen molar-refractivity contribution in [3.05, 3.63) is 224 Å². The molecular formula is C80H58N2O4. The van der Waals surface area contributed by atoms with Crippen molar-refractivity contribution in [1.29, 1.82) is 0 Å². The highest BCUT2D eigenvalue weighted by Gasteiger charge is 2.43. The third-order valence-electron chi connectivity index (χ3n) is 17.6. The number of amides is 4. The van der Waals surface area contributed by atoms with Crippen LogP contribution in [0.2, 0.25) is 0 Å². The summed E-state index contributed by atoms with van der Waals surface area (Å²) in [6.45, 7) is 16.6. The molecule has 0 saturated carbocycles. The minimum Gasteiger partial charge on any atom is -0.268 e. The van der Waals surface area contributed by atoms with Gasteiger partial charge < -0.3 is 0 Å². The van der Waals surface area contributed by atoms with Gasteiger partial charge in [-0.1, -0.05) is 164 Å². The third-order valence-corrected chi connectivity index (χ3v) is 17.6. The van der Waals surface area contributed by atoms with E-state index >= 15 is 19.2 Å². The van der Waals surface area contributed by atoms with E-state index in [0.717, 1.165) is 44.5 Å². The largest absolute Gasteiger partial charge is 0.268 e. The Balaban J connectivity index is 1.32. The monoisotopic (exact) mass is 1110 g/mol. The van der Waals surface area contributed by atoms with E-state index in [4.69, 9.17) is 25.7 Å². The number of hydrogen-bond donors (Lipinski definition) is 0. The normalized spacial score (nSPS) is 13.1. The number of para-hydroxylation sites is 2. The maximum atomic E-state index is 16.4. The quantitative estimate of drug-likeness (QED) is 0.0592. The summed E-state index contributed by atoms with van der Waals surface area (Å²) in [5.41, 5.74) is 14.2. The lowest BCUT2D eigenvalue weighted by atomic mass is 9.74. The van der Waals surface area contributed by atoms with Crippen LogP contribution in [0.4, 0.5) is 11.4 Å². The number of hydrogen-bond acceptors (Lipinski definition) is 4. The van der Waals surface area contributed by atoms with E-state index in [1.54, 1.807) is 0 Å². The molecule has 0 aliphatic carbocycles. The Morgan fingerprint density at radius 1 is 0.279 bits per heavy atom. The lowest BCUT2D eigenvalue weighted by Gasteiger charge is -2.35. The molecule has 412 valence electrons. The van der Waals surface area contributed by atoms with Gasteiger partial charge in [-0.2, -0.15) is 0 Å². The first kappa shape index (κ1) is 54.5.